The zero-order chi connectivity index (χ0) is 12.2. The first kappa shape index (κ1) is 13.2. The number of carbonyl (C=O) groups is 1. The summed E-state index contributed by atoms with van der Waals surface area (Å²) in [5.41, 5.74) is -0.381. The van der Waals surface area contributed by atoms with E-state index in [4.69, 9.17) is 4.74 Å². The second-order valence-electron chi connectivity index (χ2n) is 5.44. The van der Waals surface area contributed by atoms with Gasteiger partial charge in [-0.1, -0.05) is 6.08 Å². The maximum Gasteiger partial charge on any atom is 0.306 e. The number of nitrogens with one attached hydrogen (secondary N) is 1. The fraction of sp³-hybridized carbons (Fsp3) is 0.769. The fourth-order valence-electron chi connectivity index (χ4n) is 2.06. The highest BCUT2D eigenvalue weighted by atomic mass is 16.6. The first-order valence-electron chi connectivity index (χ1n) is 5.97. The van der Waals surface area contributed by atoms with Crippen LogP contribution in [0.25, 0.3) is 0 Å². The zero-order valence-corrected chi connectivity index (χ0v) is 10.6. The molecule has 1 aliphatic rings. The van der Waals surface area contributed by atoms with Crippen molar-refractivity contribution in [2.75, 3.05) is 13.1 Å². The summed E-state index contributed by atoms with van der Waals surface area (Å²) in [4.78, 5) is 11.7. The molecule has 0 amide bonds. The van der Waals surface area contributed by atoms with Crippen LogP contribution in [0.5, 0.6) is 0 Å². The summed E-state index contributed by atoms with van der Waals surface area (Å²) in [5.74, 6) is 0.682. The molecule has 0 radical (unpaired) electrons. The van der Waals surface area contributed by atoms with Gasteiger partial charge in [0.15, 0.2) is 0 Å². The maximum atomic E-state index is 11.7. The van der Waals surface area contributed by atoms with Gasteiger partial charge in [0.2, 0.25) is 0 Å². The van der Waals surface area contributed by atoms with Gasteiger partial charge in [0, 0.05) is 13.0 Å². The molecule has 0 spiro atoms. The average Bonchev–Trinajstić information content (AvgIpc) is 2.15. The normalized spacial score (nSPS) is 26.2. The van der Waals surface area contributed by atoms with Crippen LogP contribution in [0.2, 0.25) is 0 Å². The minimum atomic E-state index is -0.381. The van der Waals surface area contributed by atoms with Crippen molar-refractivity contribution in [1.82, 2.24) is 5.32 Å². The standard InChI is InChI=1S/C13H23NO2/c1-5-10-9-14-7-6-11(10)8-12(15)16-13(2,3)4/h5,10-11,14H,1,6-9H2,2-4H3. The molecule has 16 heavy (non-hydrogen) atoms. The second-order valence-corrected chi connectivity index (χ2v) is 5.44. The summed E-state index contributed by atoms with van der Waals surface area (Å²) in [6.45, 7) is 11.4. The molecule has 3 nitrogen and oxygen atoms in total. The van der Waals surface area contributed by atoms with Crippen LogP contribution in [0, 0.1) is 11.8 Å². The quantitative estimate of drug-likeness (QED) is 0.590. The van der Waals surface area contributed by atoms with Crippen LogP contribution in [0.15, 0.2) is 12.7 Å². The third-order valence-electron chi connectivity index (χ3n) is 2.83. The van der Waals surface area contributed by atoms with E-state index in [2.05, 4.69) is 11.9 Å². The van der Waals surface area contributed by atoms with E-state index >= 15 is 0 Å². The number of rotatable bonds is 3. The Morgan fingerprint density at radius 1 is 1.56 bits per heavy atom. The van der Waals surface area contributed by atoms with Crippen LogP contribution in [-0.2, 0) is 9.53 Å². The van der Waals surface area contributed by atoms with E-state index < -0.39 is 0 Å². The van der Waals surface area contributed by atoms with E-state index in [0.29, 0.717) is 18.3 Å². The topological polar surface area (TPSA) is 38.3 Å². The van der Waals surface area contributed by atoms with E-state index in [1.54, 1.807) is 0 Å². The van der Waals surface area contributed by atoms with Gasteiger partial charge in [0.05, 0.1) is 0 Å². The predicted molar refractivity (Wildman–Crippen MR) is 65.1 cm³/mol. The molecular weight excluding hydrogens is 202 g/mol. The van der Waals surface area contributed by atoms with Crippen LogP contribution in [0.4, 0.5) is 0 Å². The molecule has 0 saturated carbocycles. The molecule has 0 bridgehead atoms. The summed E-state index contributed by atoms with van der Waals surface area (Å²) in [7, 11) is 0. The molecule has 1 aliphatic heterocycles. The number of carbonyl (C=O) groups excluding carboxylic acids is 1. The van der Waals surface area contributed by atoms with Crippen molar-refractivity contribution in [3.8, 4) is 0 Å². The molecule has 0 aromatic carbocycles. The fourth-order valence-corrected chi connectivity index (χ4v) is 2.06. The van der Waals surface area contributed by atoms with Crippen molar-refractivity contribution in [3.05, 3.63) is 12.7 Å². The largest absolute Gasteiger partial charge is 0.460 e. The van der Waals surface area contributed by atoms with Gasteiger partial charge in [-0.25, -0.2) is 0 Å². The number of hydrogen-bond donors (Lipinski definition) is 1. The molecule has 92 valence electrons. The molecule has 0 aromatic rings. The van der Waals surface area contributed by atoms with E-state index in [0.717, 1.165) is 19.5 Å². The monoisotopic (exact) mass is 225 g/mol. The van der Waals surface area contributed by atoms with Crippen molar-refractivity contribution < 1.29 is 9.53 Å². The Balaban J connectivity index is 2.45. The number of hydrogen-bond acceptors (Lipinski definition) is 3. The van der Waals surface area contributed by atoms with Gasteiger partial charge in [-0.15, -0.1) is 6.58 Å². The average molecular weight is 225 g/mol. The van der Waals surface area contributed by atoms with E-state index in [-0.39, 0.29) is 11.6 Å². The Hall–Kier alpha value is -0.830. The second kappa shape index (κ2) is 5.48. The van der Waals surface area contributed by atoms with Gasteiger partial charge in [-0.3, -0.25) is 4.79 Å². The summed E-state index contributed by atoms with van der Waals surface area (Å²) in [6.07, 6.45) is 3.48. The molecule has 1 saturated heterocycles. The van der Waals surface area contributed by atoms with E-state index in [9.17, 15) is 4.79 Å². The number of esters is 1. The van der Waals surface area contributed by atoms with Crippen LogP contribution >= 0.6 is 0 Å². The summed E-state index contributed by atoms with van der Waals surface area (Å²) >= 11 is 0. The molecule has 2 atom stereocenters. The lowest BCUT2D eigenvalue weighted by molar-refractivity contribution is -0.156. The first-order valence-corrected chi connectivity index (χ1v) is 5.97. The molecule has 2 unspecified atom stereocenters. The molecular formula is C13H23NO2. The smallest absolute Gasteiger partial charge is 0.306 e. The maximum absolute atomic E-state index is 11.7. The Kier molecular flexibility index (Phi) is 4.54. The Bertz CT molecular complexity index is 255. The molecule has 1 N–H and O–H groups in total. The van der Waals surface area contributed by atoms with Gasteiger partial charge in [-0.05, 0) is 45.6 Å². The van der Waals surface area contributed by atoms with E-state index in [1.807, 2.05) is 26.8 Å². The van der Waals surface area contributed by atoms with Crippen molar-refractivity contribution in [2.45, 2.75) is 39.2 Å². The molecule has 0 aromatic heterocycles. The highest BCUT2D eigenvalue weighted by Crippen LogP contribution is 2.24. The molecule has 0 aliphatic carbocycles. The summed E-state index contributed by atoms with van der Waals surface area (Å²) in [5, 5.41) is 3.31. The summed E-state index contributed by atoms with van der Waals surface area (Å²) < 4.78 is 5.34. The highest BCUT2D eigenvalue weighted by molar-refractivity contribution is 5.70. The summed E-state index contributed by atoms with van der Waals surface area (Å²) in [6, 6.07) is 0. The SMILES string of the molecule is C=CC1CNCCC1CC(=O)OC(C)(C)C. The zero-order valence-electron chi connectivity index (χ0n) is 10.6. The van der Waals surface area contributed by atoms with Crippen molar-refractivity contribution >= 4 is 5.97 Å². The van der Waals surface area contributed by atoms with Crippen LogP contribution < -0.4 is 5.32 Å². The molecule has 1 rings (SSSR count). The van der Waals surface area contributed by atoms with Gasteiger partial charge in [0.1, 0.15) is 5.60 Å². The minimum absolute atomic E-state index is 0.0914. The van der Waals surface area contributed by atoms with Crippen LogP contribution in [0.3, 0.4) is 0 Å². The molecule has 3 heteroatoms. The Morgan fingerprint density at radius 3 is 2.81 bits per heavy atom. The molecule has 1 heterocycles. The third kappa shape index (κ3) is 4.35. The van der Waals surface area contributed by atoms with Crippen LogP contribution in [0.1, 0.15) is 33.6 Å². The lowest BCUT2D eigenvalue weighted by atomic mass is 9.84. The Morgan fingerprint density at radius 2 is 2.25 bits per heavy atom. The third-order valence-corrected chi connectivity index (χ3v) is 2.83. The minimum Gasteiger partial charge on any atom is -0.460 e. The van der Waals surface area contributed by atoms with Crippen LogP contribution in [-0.4, -0.2) is 24.7 Å². The van der Waals surface area contributed by atoms with Gasteiger partial charge in [-0.2, -0.15) is 0 Å². The first-order chi connectivity index (χ1) is 7.42. The van der Waals surface area contributed by atoms with Gasteiger partial charge in [0.25, 0.3) is 0 Å². The lowest BCUT2D eigenvalue weighted by Gasteiger charge is -2.30. The predicted octanol–water partition coefficient (Wildman–Crippen LogP) is 2.13. The number of piperidine rings is 1. The van der Waals surface area contributed by atoms with Gasteiger partial charge < -0.3 is 10.1 Å². The molecule has 1 fully saturated rings. The Labute approximate surface area is 98.2 Å². The van der Waals surface area contributed by atoms with Crippen molar-refractivity contribution in [2.24, 2.45) is 11.8 Å². The van der Waals surface area contributed by atoms with Gasteiger partial charge >= 0.3 is 5.97 Å². The highest BCUT2D eigenvalue weighted by Gasteiger charge is 2.27. The van der Waals surface area contributed by atoms with E-state index in [1.165, 1.54) is 0 Å². The number of ether oxygens (including phenoxy) is 1. The lowest BCUT2D eigenvalue weighted by Crippen LogP contribution is -2.37. The van der Waals surface area contributed by atoms with Crippen molar-refractivity contribution in [3.63, 3.8) is 0 Å². The van der Waals surface area contributed by atoms with Crippen molar-refractivity contribution in [1.29, 1.82) is 0 Å².